The van der Waals surface area contributed by atoms with Crippen LogP contribution in [0.3, 0.4) is 0 Å². The van der Waals surface area contributed by atoms with E-state index in [1.807, 2.05) is 12.2 Å². The Bertz CT molecular complexity index is 1760. The van der Waals surface area contributed by atoms with Gasteiger partial charge in [0.1, 0.15) is 0 Å². The van der Waals surface area contributed by atoms with Gasteiger partial charge in [0.25, 0.3) is 0 Å². The quantitative estimate of drug-likeness (QED) is 0.200. The molecule has 0 fully saturated rings. The summed E-state index contributed by atoms with van der Waals surface area (Å²) in [6.45, 7) is 0.936. The lowest BCUT2D eigenvalue weighted by molar-refractivity contribution is 1.02. The molecule has 0 radical (unpaired) electrons. The highest BCUT2D eigenvalue weighted by molar-refractivity contribution is 5.94. The lowest BCUT2D eigenvalue weighted by atomic mass is 9.98. The molecule has 39 heavy (non-hydrogen) atoms. The average Bonchev–Trinajstić information content (AvgIpc) is 3.64. The Labute approximate surface area is 251 Å². The zero-order valence-corrected chi connectivity index (χ0v) is 24.2. The standard InChI is InChI=1S/C30H23N5.4ClH/c1-35-12-2-3-20-13-19(4-11-30(20)35)28-17-27-16-25-8-7-23(32-25)14-21-5-6-22(31-21)15-24-9-10-26(33-24)18-29(28)34-27;;;;/h2-11,13-18,32-33H,12H2,1H3;4*1H. The van der Waals surface area contributed by atoms with Crippen LogP contribution < -0.4 is 4.90 Å². The second-order valence-corrected chi connectivity index (χ2v) is 9.15. The van der Waals surface area contributed by atoms with Crippen LogP contribution in [-0.2, 0) is 0 Å². The van der Waals surface area contributed by atoms with Gasteiger partial charge in [-0.05, 0) is 90.0 Å². The number of likely N-dealkylation sites (N-methyl/N-ethyl adjacent to an activating group) is 1. The SMILES string of the molecule is CN1CC=Cc2cc(C3=Cc4cc5ccc(cc6nc(cc7ccc(cc3n4)[nH]7)C=C6)[nH]5)ccc21.Cl.Cl.Cl.Cl. The van der Waals surface area contributed by atoms with E-state index in [0.717, 1.165) is 62.5 Å². The molecule has 0 saturated carbocycles. The van der Waals surface area contributed by atoms with Gasteiger partial charge in [0.15, 0.2) is 0 Å². The monoisotopic (exact) mass is 597 g/mol. The Balaban J connectivity index is 0.00000105. The molecule has 3 aromatic heterocycles. The molecule has 0 atom stereocenters. The van der Waals surface area contributed by atoms with Gasteiger partial charge in [-0.3, -0.25) is 0 Å². The summed E-state index contributed by atoms with van der Waals surface area (Å²) in [6.07, 6.45) is 10.7. The number of anilines is 1. The molecule has 0 saturated heterocycles. The fourth-order valence-corrected chi connectivity index (χ4v) is 4.88. The highest BCUT2D eigenvalue weighted by Gasteiger charge is 2.16. The molecule has 200 valence electrons. The maximum atomic E-state index is 5.01. The molecule has 7 rings (SSSR count). The van der Waals surface area contributed by atoms with Crippen molar-refractivity contribution in [3.63, 3.8) is 0 Å². The van der Waals surface area contributed by atoms with Crippen LogP contribution in [0.15, 0.2) is 72.8 Å². The summed E-state index contributed by atoms with van der Waals surface area (Å²) >= 11 is 0. The average molecular weight is 599 g/mol. The smallest absolute Gasteiger partial charge is 0.0736 e. The number of fused-ring (bicyclic) bond motifs is 9. The Morgan fingerprint density at radius 1 is 0.641 bits per heavy atom. The number of nitrogens with one attached hydrogen (secondary N) is 2. The van der Waals surface area contributed by atoms with Crippen LogP contribution in [0, 0.1) is 0 Å². The highest BCUT2D eigenvalue weighted by atomic mass is 35.5. The van der Waals surface area contributed by atoms with E-state index < -0.39 is 0 Å². The number of H-pyrrole nitrogens is 2. The normalized spacial score (nSPS) is 12.7. The number of nitrogens with zero attached hydrogens (tertiary/aromatic N) is 3. The van der Waals surface area contributed by atoms with Crippen LogP contribution in [0.2, 0.25) is 0 Å². The molecule has 8 bridgehead atoms. The van der Waals surface area contributed by atoms with Crippen molar-refractivity contribution in [1.29, 1.82) is 0 Å². The predicted octanol–water partition coefficient (Wildman–Crippen LogP) is 8.22. The number of halogens is 4. The second kappa shape index (κ2) is 12.1. The summed E-state index contributed by atoms with van der Waals surface area (Å²) in [6, 6.07) is 23.3. The van der Waals surface area contributed by atoms with E-state index in [1.54, 1.807) is 0 Å². The van der Waals surface area contributed by atoms with Crippen molar-refractivity contribution in [1.82, 2.24) is 19.9 Å². The van der Waals surface area contributed by atoms with Gasteiger partial charge >= 0.3 is 0 Å². The minimum atomic E-state index is 0. The number of benzene rings is 1. The fraction of sp³-hybridized carbons (Fsp3) is 0.0667. The first-order valence-electron chi connectivity index (χ1n) is 11.8. The molecular formula is C30H27Cl4N5. The molecular weight excluding hydrogens is 572 g/mol. The van der Waals surface area contributed by atoms with Gasteiger partial charge in [0.05, 0.1) is 22.8 Å². The second-order valence-electron chi connectivity index (χ2n) is 9.15. The Hall–Kier alpha value is -3.48. The van der Waals surface area contributed by atoms with E-state index in [-0.39, 0.29) is 49.6 Å². The third-order valence-corrected chi connectivity index (χ3v) is 6.59. The summed E-state index contributed by atoms with van der Waals surface area (Å²) in [5.74, 6) is 0. The molecule has 6 heterocycles. The summed E-state index contributed by atoms with van der Waals surface area (Å²) in [7, 11) is 2.13. The van der Waals surface area contributed by atoms with Gasteiger partial charge in [0.2, 0.25) is 0 Å². The molecule has 3 aliphatic heterocycles. The lowest BCUT2D eigenvalue weighted by Gasteiger charge is -2.24. The van der Waals surface area contributed by atoms with Gasteiger partial charge in [-0.25, -0.2) is 9.97 Å². The van der Waals surface area contributed by atoms with Crippen LogP contribution >= 0.6 is 49.6 Å². The molecule has 1 aromatic carbocycles. The molecule has 3 aliphatic rings. The van der Waals surface area contributed by atoms with Gasteiger partial charge in [-0.15, -0.1) is 49.6 Å². The first-order valence-corrected chi connectivity index (χ1v) is 11.8. The maximum Gasteiger partial charge on any atom is 0.0736 e. The molecule has 5 nitrogen and oxygen atoms in total. The van der Waals surface area contributed by atoms with Crippen molar-refractivity contribution in [3.05, 3.63) is 107 Å². The number of aromatic nitrogens is 4. The number of aromatic amines is 2. The van der Waals surface area contributed by atoms with Gasteiger partial charge in [0, 0.05) is 46.9 Å². The topological polar surface area (TPSA) is 60.6 Å². The zero-order chi connectivity index (χ0) is 23.4. The minimum Gasteiger partial charge on any atom is -0.370 e. The van der Waals surface area contributed by atoms with Crippen molar-refractivity contribution in [2.75, 3.05) is 18.5 Å². The van der Waals surface area contributed by atoms with E-state index in [2.05, 4.69) is 107 Å². The summed E-state index contributed by atoms with van der Waals surface area (Å²) < 4.78 is 0. The van der Waals surface area contributed by atoms with Crippen molar-refractivity contribution in [3.8, 4) is 0 Å². The third kappa shape index (κ3) is 5.92. The number of hydrogen-bond donors (Lipinski definition) is 2. The molecule has 0 amide bonds. The molecule has 2 N–H and O–H groups in total. The van der Waals surface area contributed by atoms with Crippen molar-refractivity contribution < 1.29 is 0 Å². The summed E-state index contributed by atoms with van der Waals surface area (Å²) in [5, 5.41) is 0. The summed E-state index contributed by atoms with van der Waals surface area (Å²) in [4.78, 5) is 19.0. The van der Waals surface area contributed by atoms with Crippen molar-refractivity contribution in [2.45, 2.75) is 0 Å². The zero-order valence-electron chi connectivity index (χ0n) is 20.9. The predicted molar refractivity (Wildman–Crippen MR) is 175 cm³/mol. The fourth-order valence-electron chi connectivity index (χ4n) is 4.88. The summed E-state index contributed by atoms with van der Waals surface area (Å²) in [5.41, 5.74) is 12.5. The van der Waals surface area contributed by atoms with E-state index >= 15 is 0 Å². The van der Waals surface area contributed by atoms with Crippen LogP contribution in [0.5, 0.6) is 0 Å². The molecule has 0 unspecified atom stereocenters. The first kappa shape index (κ1) is 30.1. The van der Waals surface area contributed by atoms with Crippen LogP contribution in [0.4, 0.5) is 5.69 Å². The Kier molecular flexibility index (Phi) is 9.36. The van der Waals surface area contributed by atoms with Crippen molar-refractivity contribution in [2.24, 2.45) is 0 Å². The molecule has 4 aromatic rings. The third-order valence-electron chi connectivity index (χ3n) is 6.59. The van der Waals surface area contributed by atoms with E-state index in [4.69, 9.17) is 9.97 Å². The Morgan fingerprint density at radius 3 is 1.87 bits per heavy atom. The minimum absolute atomic E-state index is 0. The largest absolute Gasteiger partial charge is 0.370 e. The lowest BCUT2D eigenvalue weighted by Crippen LogP contribution is -2.20. The molecule has 9 heteroatoms. The van der Waals surface area contributed by atoms with E-state index in [1.165, 1.54) is 11.3 Å². The van der Waals surface area contributed by atoms with Gasteiger partial charge in [-0.1, -0.05) is 18.2 Å². The Morgan fingerprint density at radius 2 is 1.23 bits per heavy atom. The van der Waals surface area contributed by atoms with Crippen LogP contribution in [0.1, 0.15) is 33.9 Å². The van der Waals surface area contributed by atoms with Gasteiger partial charge in [-0.2, -0.15) is 0 Å². The highest BCUT2D eigenvalue weighted by Crippen LogP contribution is 2.33. The maximum absolute atomic E-state index is 5.01. The van der Waals surface area contributed by atoms with Gasteiger partial charge < -0.3 is 14.9 Å². The number of hydrogen-bond acceptors (Lipinski definition) is 3. The molecule has 0 aliphatic carbocycles. The first-order chi connectivity index (χ1) is 17.2. The number of rotatable bonds is 1. The molecule has 0 spiro atoms. The van der Waals surface area contributed by atoms with Crippen LogP contribution in [-0.4, -0.2) is 33.5 Å². The van der Waals surface area contributed by atoms with Crippen molar-refractivity contribution >= 4 is 107 Å². The van der Waals surface area contributed by atoms with E-state index in [9.17, 15) is 0 Å². The van der Waals surface area contributed by atoms with E-state index in [0.29, 0.717) is 0 Å². The van der Waals surface area contributed by atoms with Crippen LogP contribution in [0.25, 0.3) is 51.9 Å².